The fourth-order valence-electron chi connectivity index (χ4n) is 3.57. The minimum atomic E-state index is -0.312. The summed E-state index contributed by atoms with van der Waals surface area (Å²) in [5, 5.41) is 16.7. The van der Waals surface area contributed by atoms with Crippen LogP contribution in [0.5, 0.6) is 5.75 Å². The van der Waals surface area contributed by atoms with E-state index in [1.807, 2.05) is 36.7 Å². The van der Waals surface area contributed by atoms with Crippen LogP contribution in [0.3, 0.4) is 0 Å². The third-order valence-electron chi connectivity index (χ3n) is 5.40. The zero-order valence-electron chi connectivity index (χ0n) is 18.5. The quantitative estimate of drug-likeness (QED) is 0.435. The Morgan fingerprint density at radius 1 is 1.09 bits per heavy atom. The van der Waals surface area contributed by atoms with Crippen LogP contribution in [0.4, 0.5) is 0 Å². The molecule has 7 nitrogen and oxygen atoms in total. The molecule has 7 heteroatoms. The van der Waals surface area contributed by atoms with Gasteiger partial charge in [-0.2, -0.15) is 10.4 Å². The minimum Gasteiger partial charge on any atom is -0.484 e. The molecule has 0 aliphatic rings. The summed E-state index contributed by atoms with van der Waals surface area (Å²) in [6.45, 7) is 5.10. The maximum atomic E-state index is 12.6. The number of aromatic nitrogens is 2. The molecule has 4 rings (SSSR count). The smallest absolute Gasteiger partial charge is 0.287 e. The maximum Gasteiger partial charge on any atom is 0.287 e. The first-order valence-electron chi connectivity index (χ1n) is 10.6. The average Bonchev–Trinajstić information content (AvgIpc) is 3.41. The summed E-state index contributed by atoms with van der Waals surface area (Å²) in [4.78, 5) is 12.6. The molecule has 0 aliphatic heterocycles. The normalized spacial score (nSPS) is 10.6. The molecule has 0 radical (unpaired) electrons. The summed E-state index contributed by atoms with van der Waals surface area (Å²) in [6.07, 6.45) is 0. The van der Waals surface area contributed by atoms with Crippen molar-refractivity contribution in [3.8, 4) is 11.8 Å². The van der Waals surface area contributed by atoms with Gasteiger partial charge >= 0.3 is 0 Å². The van der Waals surface area contributed by atoms with Crippen molar-refractivity contribution < 1.29 is 13.9 Å². The summed E-state index contributed by atoms with van der Waals surface area (Å²) < 4.78 is 13.2. The van der Waals surface area contributed by atoms with E-state index in [-0.39, 0.29) is 18.3 Å². The number of para-hydroxylation sites is 1. The molecular weight excluding hydrogens is 416 g/mol. The SMILES string of the molecule is Cc1nn(Cc2ccccc2)c(C)c1CNC(=O)c1ccc(COc2ccccc2C#N)o1. The van der Waals surface area contributed by atoms with Crippen LogP contribution >= 0.6 is 0 Å². The van der Waals surface area contributed by atoms with Crippen molar-refractivity contribution in [1.82, 2.24) is 15.1 Å². The molecule has 4 aromatic rings. The summed E-state index contributed by atoms with van der Waals surface area (Å²) in [7, 11) is 0. The van der Waals surface area contributed by atoms with Crippen molar-refractivity contribution in [2.75, 3.05) is 0 Å². The second-order valence-corrected chi connectivity index (χ2v) is 7.64. The second-order valence-electron chi connectivity index (χ2n) is 7.64. The van der Waals surface area contributed by atoms with Crippen molar-refractivity contribution in [1.29, 1.82) is 5.26 Å². The Morgan fingerprint density at radius 2 is 1.85 bits per heavy atom. The number of aryl methyl sites for hydroxylation is 1. The van der Waals surface area contributed by atoms with E-state index >= 15 is 0 Å². The van der Waals surface area contributed by atoms with Gasteiger partial charge in [-0.3, -0.25) is 9.48 Å². The largest absolute Gasteiger partial charge is 0.484 e. The molecule has 0 spiro atoms. The van der Waals surface area contributed by atoms with Crippen LogP contribution in [0.1, 0.15) is 44.4 Å². The minimum absolute atomic E-state index is 0.121. The molecule has 1 amide bonds. The molecule has 0 fully saturated rings. The number of amides is 1. The lowest BCUT2D eigenvalue weighted by molar-refractivity contribution is 0.0919. The van der Waals surface area contributed by atoms with E-state index in [4.69, 9.17) is 14.4 Å². The molecule has 166 valence electrons. The first-order valence-corrected chi connectivity index (χ1v) is 10.6. The molecule has 0 bridgehead atoms. The number of benzene rings is 2. The van der Waals surface area contributed by atoms with Gasteiger partial charge in [0.15, 0.2) is 5.76 Å². The third kappa shape index (κ3) is 5.13. The molecule has 33 heavy (non-hydrogen) atoms. The van der Waals surface area contributed by atoms with Gasteiger partial charge in [-0.15, -0.1) is 0 Å². The van der Waals surface area contributed by atoms with Crippen LogP contribution in [0.2, 0.25) is 0 Å². The fourth-order valence-corrected chi connectivity index (χ4v) is 3.57. The average molecular weight is 441 g/mol. The summed E-state index contributed by atoms with van der Waals surface area (Å²) in [5.41, 5.74) is 4.50. The molecule has 2 heterocycles. The van der Waals surface area contributed by atoms with E-state index in [1.165, 1.54) is 5.56 Å². The standard InChI is InChI=1S/C26H24N4O3/c1-18-23(19(2)30(29-18)16-20-8-4-3-5-9-20)15-28-26(31)25-13-12-22(33-25)17-32-24-11-7-6-10-21(24)14-27/h3-13H,15-17H2,1-2H3,(H,28,31). The monoisotopic (exact) mass is 440 g/mol. The highest BCUT2D eigenvalue weighted by molar-refractivity contribution is 5.91. The van der Waals surface area contributed by atoms with E-state index < -0.39 is 0 Å². The highest BCUT2D eigenvalue weighted by atomic mass is 16.5. The number of hydrogen-bond acceptors (Lipinski definition) is 5. The molecule has 1 N–H and O–H groups in total. The van der Waals surface area contributed by atoms with Crippen molar-refractivity contribution >= 4 is 5.91 Å². The number of rotatable bonds is 8. The van der Waals surface area contributed by atoms with Gasteiger partial charge in [0.25, 0.3) is 5.91 Å². The van der Waals surface area contributed by atoms with Gasteiger partial charge in [0.1, 0.15) is 24.2 Å². The van der Waals surface area contributed by atoms with Gasteiger partial charge in [0.05, 0.1) is 17.8 Å². The molecule has 0 atom stereocenters. The Hall–Kier alpha value is -4.31. The van der Waals surface area contributed by atoms with Gasteiger partial charge < -0.3 is 14.5 Å². The lowest BCUT2D eigenvalue weighted by Crippen LogP contribution is -2.23. The van der Waals surface area contributed by atoms with Gasteiger partial charge in [0.2, 0.25) is 0 Å². The van der Waals surface area contributed by atoms with E-state index in [0.717, 1.165) is 17.0 Å². The van der Waals surface area contributed by atoms with E-state index in [9.17, 15) is 4.79 Å². The van der Waals surface area contributed by atoms with Gasteiger partial charge in [-0.05, 0) is 43.7 Å². The van der Waals surface area contributed by atoms with E-state index in [1.54, 1.807) is 36.4 Å². The van der Waals surface area contributed by atoms with Gasteiger partial charge in [-0.1, -0.05) is 42.5 Å². The topological polar surface area (TPSA) is 93.1 Å². The molecule has 2 aromatic carbocycles. The van der Waals surface area contributed by atoms with Crippen LogP contribution in [0, 0.1) is 25.2 Å². The van der Waals surface area contributed by atoms with E-state index in [2.05, 4.69) is 28.6 Å². The predicted molar refractivity (Wildman–Crippen MR) is 123 cm³/mol. The Balaban J connectivity index is 1.36. The van der Waals surface area contributed by atoms with Crippen molar-refractivity contribution in [3.05, 3.63) is 106 Å². The maximum absolute atomic E-state index is 12.6. The molecule has 0 saturated heterocycles. The third-order valence-corrected chi connectivity index (χ3v) is 5.40. The Labute approximate surface area is 192 Å². The van der Waals surface area contributed by atoms with Crippen LogP contribution < -0.4 is 10.1 Å². The zero-order chi connectivity index (χ0) is 23.2. The van der Waals surface area contributed by atoms with Crippen molar-refractivity contribution in [3.63, 3.8) is 0 Å². The number of hydrogen-bond donors (Lipinski definition) is 1. The summed E-state index contributed by atoms with van der Waals surface area (Å²) >= 11 is 0. The Bertz CT molecular complexity index is 1300. The number of nitrogens with one attached hydrogen (secondary N) is 1. The van der Waals surface area contributed by atoms with E-state index in [0.29, 0.717) is 30.2 Å². The van der Waals surface area contributed by atoms with Crippen LogP contribution in [-0.4, -0.2) is 15.7 Å². The summed E-state index contributed by atoms with van der Waals surface area (Å²) in [6, 6.07) is 22.5. The van der Waals surface area contributed by atoms with Crippen LogP contribution in [0.15, 0.2) is 71.1 Å². The number of carbonyl (C=O) groups is 1. The zero-order valence-corrected chi connectivity index (χ0v) is 18.5. The van der Waals surface area contributed by atoms with Crippen LogP contribution in [-0.2, 0) is 19.7 Å². The highest BCUT2D eigenvalue weighted by Crippen LogP contribution is 2.19. The Morgan fingerprint density at radius 3 is 2.64 bits per heavy atom. The molecule has 0 unspecified atom stereocenters. The number of carbonyl (C=O) groups excluding carboxylic acids is 1. The van der Waals surface area contributed by atoms with Crippen molar-refractivity contribution in [2.45, 2.75) is 33.5 Å². The highest BCUT2D eigenvalue weighted by Gasteiger charge is 2.16. The second kappa shape index (κ2) is 9.88. The molecule has 0 saturated carbocycles. The lowest BCUT2D eigenvalue weighted by atomic mass is 10.2. The first kappa shape index (κ1) is 21.9. The number of nitrogens with zero attached hydrogens (tertiary/aromatic N) is 3. The molecule has 0 aliphatic carbocycles. The molecule has 2 aromatic heterocycles. The Kier molecular flexibility index (Phi) is 6.56. The predicted octanol–water partition coefficient (Wildman–Crippen LogP) is 4.52. The molecular formula is C26H24N4O3. The van der Waals surface area contributed by atoms with Gasteiger partial charge in [-0.25, -0.2) is 0 Å². The van der Waals surface area contributed by atoms with Gasteiger partial charge in [0, 0.05) is 17.8 Å². The van der Waals surface area contributed by atoms with Crippen molar-refractivity contribution in [2.24, 2.45) is 0 Å². The first-order chi connectivity index (χ1) is 16.0. The number of furan rings is 1. The van der Waals surface area contributed by atoms with Crippen LogP contribution in [0.25, 0.3) is 0 Å². The fraction of sp³-hybridized carbons (Fsp3) is 0.192. The summed E-state index contributed by atoms with van der Waals surface area (Å²) in [5.74, 6) is 0.860. The number of nitriles is 1. The lowest BCUT2D eigenvalue weighted by Gasteiger charge is -2.07. The number of ether oxygens (including phenoxy) is 1.